The number of nitriles is 1. The summed E-state index contributed by atoms with van der Waals surface area (Å²) in [5.74, 6) is -2.10. The predicted octanol–water partition coefficient (Wildman–Crippen LogP) is 2.30. The molecule has 18 heavy (non-hydrogen) atoms. The lowest BCUT2D eigenvalue weighted by Gasteiger charge is -2.12. The maximum absolute atomic E-state index is 12.6. The quantitative estimate of drug-likeness (QED) is 0.832. The number of hydrogen-bond acceptors (Lipinski definition) is 3. The molecule has 0 aromatic heterocycles. The molecular weight excluding hydrogens is 267 g/mol. The van der Waals surface area contributed by atoms with Crippen LogP contribution in [0.25, 0.3) is 0 Å². The van der Waals surface area contributed by atoms with E-state index in [0.717, 1.165) is 0 Å². The third-order valence-corrected chi connectivity index (χ3v) is 5.42. The second-order valence-electron chi connectivity index (χ2n) is 4.12. The van der Waals surface area contributed by atoms with Gasteiger partial charge in [-0.3, -0.25) is 0 Å². The summed E-state index contributed by atoms with van der Waals surface area (Å²) in [5.41, 5.74) is 0. The van der Waals surface area contributed by atoms with Crippen molar-refractivity contribution in [2.75, 3.05) is 0 Å². The summed E-state index contributed by atoms with van der Waals surface area (Å²) in [6, 6.07) is 8.09. The first-order valence-electron chi connectivity index (χ1n) is 5.03. The summed E-state index contributed by atoms with van der Waals surface area (Å²) in [5, 5.41) is 8.86. The Morgan fingerprint density at radius 3 is 2.22 bits per heavy atom. The van der Waals surface area contributed by atoms with Crippen LogP contribution in [-0.4, -0.2) is 19.3 Å². The van der Waals surface area contributed by atoms with Crippen molar-refractivity contribution in [1.29, 1.82) is 5.26 Å². The molecule has 0 aliphatic heterocycles. The molecule has 2 atom stereocenters. The van der Waals surface area contributed by atoms with E-state index in [1.165, 1.54) is 30.3 Å². The molecule has 1 saturated carbocycles. The van der Waals surface area contributed by atoms with Gasteiger partial charge in [-0.1, -0.05) is 18.2 Å². The molecule has 0 N–H and O–H groups in total. The molecule has 0 heterocycles. The normalized spacial score (nSPS) is 27.6. The Hall–Kier alpha value is -1.55. The topological polar surface area (TPSA) is 57.9 Å². The molecule has 0 bridgehead atoms. The summed E-state index contributed by atoms with van der Waals surface area (Å²) in [6.45, 7) is 0. The lowest BCUT2D eigenvalue weighted by molar-refractivity contribution is -0.148. The zero-order valence-corrected chi connectivity index (χ0v) is 9.79. The highest BCUT2D eigenvalue weighted by Crippen LogP contribution is 2.59. The van der Waals surface area contributed by atoms with E-state index in [2.05, 4.69) is 0 Å². The van der Waals surface area contributed by atoms with Crippen LogP contribution in [0.3, 0.4) is 0 Å². The van der Waals surface area contributed by atoms with E-state index >= 15 is 0 Å². The van der Waals surface area contributed by atoms with Gasteiger partial charge in [0.1, 0.15) is 0 Å². The Kier molecular flexibility index (Phi) is 2.66. The largest absolute Gasteiger partial charge is 0.394 e. The van der Waals surface area contributed by atoms with E-state index in [4.69, 9.17) is 5.26 Å². The first-order chi connectivity index (χ1) is 8.25. The summed E-state index contributed by atoms with van der Waals surface area (Å²) in [4.78, 5) is -0.252. The molecule has 0 spiro atoms. The van der Waals surface area contributed by atoms with Crippen molar-refractivity contribution in [2.45, 2.75) is 22.2 Å². The zero-order chi connectivity index (χ0) is 13.6. The average Bonchev–Trinajstić information content (AvgIpc) is 3.06. The third kappa shape index (κ3) is 1.68. The maximum atomic E-state index is 12.6. The van der Waals surface area contributed by atoms with Gasteiger partial charge in [0.05, 0.1) is 16.9 Å². The van der Waals surface area contributed by atoms with E-state index in [9.17, 15) is 21.6 Å². The summed E-state index contributed by atoms with van der Waals surface area (Å²) in [7, 11) is -4.29. The van der Waals surface area contributed by atoms with Crippen LogP contribution in [0, 0.1) is 17.2 Å². The predicted molar refractivity (Wildman–Crippen MR) is 56.1 cm³/mol. The van der Waals surface area contributed by atoms with Crippen LogP contribution in [0.4, 0.5) is 13.2 Å². The maximum Gasteiger partial charge on any atom is 0.394 e. The first kappa shape index (κ1) is 12.9. The summed E-state index contributed by atoms with van der Waals surface area (Å²) >= 11 is 0. The molecule has 1 aliphatic rings. The average molecular weight is 275 g/mol. The van der Waals surface area contributed by atoms with Crippen LogP contribution in [0.5, 0.6) is 0 Å². The van der Waals surface area contributed by atoms with Crippen molar-refractivity contribution in [3.63, 3.8) is 0 Å². The van der Waals surface area contributed by atoms with Crippen LogP contribution in [0.1, 0.15) is 6.42 Å². The Morgan fingerprint density at radius 1 is 1.28 bits per heavy atom. The Morgan fingerprint density at radius 2 is 1.83 bits per heavy atom. The van der Waals surface area contributed by atoms with Crippen molar-refractivity contribution in [3.8, 4) is 6.07 Å². The minimum atomic E-state index is -4.67. The Bertz CT molecular complexity index is 603. The lowest BCUT2D eigenvalue weighted by atomic mass is 10.3. The smallest absolute Gasteiger partial charge is 0.222 e. The second kappa shape index (κ2) is 3.72. The van der Waals surface area contributed by atoms with Gasteiger partial charge in [0.2, 0.25) is 0 Å². The molecule has 1 aromatic carbocycles. The van der Waals surface area contributed by atoms with Crippen LogP contribution >= 0.6 is 0 Å². The van der Waals surface area contributed by atoms with Crippen molar-refractivity contribution in [2.24, 2.45) is 5.92 Å². The molecule has 0 saturated heterocycles. The number of alkyl halides is 3. The number of benzene rings is 1. The van der Waals surface area contributed by atoms with Gasteiger partial charge in [-0.05, 0) is 18.6 Å². The third-order valence-electron chi connectivity index (χ3n) is 3.03. The molecular formula is C11H8F3NO2S. The highest BCUT2D eigenvalue weighted by molar-refractivity contribution is 7.93. The van der Waals surface area contributed by atoms with Gasteiger partial charge in [-0.15, -0.1) is 0 Å². The zero-order valence-electron chi connectivity index (χ0n) is 8.98. The van der Waals surface area contributed by atoms with Crippen LogP contribution in [0.15, 0.2) is 35.2 Å². The van der Waals surface area contributed by atoms with Gasteiger partial charge in [-0.2, -0.15) is 18.4 Å². The molecule has 1 aliphatic carbocycles. The van der Waals surface area contributed by atoms with Crippen molar-refractivity contribution >= 4 is 9.84 Å². The van der Waals surface area contributed by atoms with Gasteiger partial charge in [-0.25, -0.2) is 8.42 Å². The SMILES string of the molecule is N#C[C@@]1(S(=O)(=O)c2ccccc2)C[C@H]1C(F)(F)F. The summed E-state index contributed by atoms with van der Waals surface area (Å²) in [6.07, 6.45) is -5.36. The van der Waals surface area contributed by atoms with E-state index in [1.54, 1.807) is 6.07 Å². The molecule has 1 fully saturated rings. The molecule has 7 heteroatoms. The molecule has 0 radical (unpaired) electrons. The van der Waals surface area contributed by atoms with Gasteiger partial charge in [0.25, 0.3) is 0 Å². The van der Waals surface area contributed by atoms with Crippen LogP contribution < -0.4 is 0 Å². The first-order valence-corrected chi connectivity index (χ1v) is 6.52. The van der Waals surface area contributed by atoms with Gasteiger partial charge in [0.15, 0.2) is 14.6 Å². The van der Waals surface area contributed by atoms with Crippen molar-refractivity contribution < 1.29 is 21.6 Å². The van der Waals surface area contributed by atoms with E-state index in [0.29, 0.717) is 0 Å². The van der Waals surface area contributed by atoms with E-state index in [-0.39, 0.29) is 4.90 Å². The van der Waals surface area contributed by atoms with Gasteiger partial charge in [0, 0.05) is 0 Å². The second-order valence-corrected chi connectivity index (χ2v) is 6.32. The van der Waals surface area contributed by atoms with Gasteiger partial charge >= 0.3 is 6.18 Å². The standard InChI is InChI=1S/C11H8F3NO2S/c12-11(13,14)9-6-10(9,7-15)18(16,17)8-4-2-1-3-5-8/h1-5,9H,6H2/t9-,10+/m1/s1. The monoisotopic (exact) mass is 275 g/mol. The fourth-order valence-electron chi connectivity index (χ4n) is 1.92. The molecule has 1 aromatic rings. The molecule has 96 valence electrons. The number of halogens is 3. The number of nitrogens with zero attached hydrogens (tertiary/aromatic N) is 1. The van der Waals surface area contributed by atoms with Crippen molar-refractivity contribution in [3.05, 3.63) is 30.3 Å². The number of rotatable bonds is 2. The molecule has 2 rings (SSSR count). The summed E-state index contributed by atoms with van der Waals surface area (Å²) < 4.78 is 59.5. The molecule has 3 nitrogen and oxygen atoms in total. The minimum absolute atomic E-state index is 0.252. The fourth-order valence-corrected chi connectivity index (χ4v) is 3.87. The van der Waals surface area contributed by atoms with E-state index < -0.39 is 33.1 Å². The fraction of sp³-hybridized carbons (Fsp3) is 0.364. The van der Waals surface area contributed by atoms with E-state index in [1.807, 2.05) is 0 Å². The molecule has 0 unspecified atom stereocenters. The lowest BCUT2D eigenvalue weighted by Crippen LogP contribution is -2.29. The minimum Gasteiger partial charge on any atom is -0.222 e. The number of sulfone groups is 1. The highest BCUT2D eigenvalue weighted by Gasteiger charge is 2.74. The van der Waals surface area contributed by atoms with Crippen molar-refractivity contribution in [1.82, 2.24) is 0 Å². The highest BCUT2D eigenvalue weighted by atomic mass is 32.2. The van der Waals surface area contributed by atoms with Gasteiger partial charge < -0.3 is 0 Å². The molecule has 0 amide bonds. The number of hydrogen-bond donors (Lipinski definition) is 0. The van der Waals surface area contributed by atoms with Crippen LogP contribution in [-0.2, 0) is 9.84 Å². The Labute approximate surface area is 102 Å². The van der Waals surface area contributed by atoms with Crippen LogP contribution in [0.2, 0.25) is 0 Å². The Balaban J connectivity index is 2.47.